The monoisotopic (exact) mass is 336 g/mol. The zero-order valence-corrected chi connectivity index (χ0v) is 15.0. The fourth-order valence-electron chi connectivity index (χ4n) is 3.56. The molecular formula is C21H21ClN2. The Morgan fingerprint density at radius 2 is 1.83 bits per heavy atom. The average Bonchev–Trinajstić information content (AvgIpc) is 3.08. The van der Waals surface area contributed by atoms with Crippen molar-refractivity contribution in [2.24, 2.45) is 0 Å². The van der Waals surface area contributed by atoms with Crippen LogP contribution in [0.15, 0.2) is 36.9 Å². The Labute approximate surface area is 149 Å². The summed E-state index contributed by atoms with van der Waals surface area (Å²) >= 11 is 6.05. The molecule has 0 amide bonds. The maximum absolute atomic E-state index is 9.74. The standard InChI is InChI=1S/C21H21ClN2/c1-14(2)21-15(3)19(13-23)20(24-10-4-5-11-24)12-18(21)16-6-8-17(22)9-7-16/h6-9,12H,1,4-5,10-11H2,2-3H3. The summed E-state index contributed by atoms with van der Waals surface area (Å²) in [6, 6.07) is 12.4. The number of anilines is 1. The SMILES string of the molecule is C=C(C)c1c(-c2ccc(Cl)cc2)cc(N2CCCC2)c(C#N)c1C. The highest BCUT2D eigenvalue weighted by Crippen LogP contribution is 2.39. The Hall–Kier alpha value is -2.24. The molecule has 3 heteroatoms. The first-order chi connectivity index (χ1) is 11.5. The van der Waals surface area contributed by atoms with Crippen LogP contribution in [0.1, 0.15) is 36.5 Å². The van der Waals surface area contributed by atoms with Gasteiger partial charge in [0.2, 0.25) is 0 Å². The molecule has 1 fully saturated rings. The van der Waals surface area contributed by atoms with Crippen LogP contribution in [-0.2, 0) is 0 Å². The summed E-state index contributed by atoms with van der Waals surface area (Å²) in [4.78, 5) is 2.33. The molecule has 1 saturated heterocycles. The second-order valence-electron chi connectivity index (χ2n) is 6.41. The minimum Gasteiger partial charge on any atom is -0.370 e. The molecule has 2 aromatic carbocycles. The van der Waals surface area contributed by atoms with E-state index in [0.717, 1.165) is 57.2 Å². The van der Waals surface area contributed by atoms with Gasteiger partial charge in [0.05, 0.1) is 11.3 Å². The minimum absolute atomic E-state index is 0.723. The number of allylic oxidation sites excluding steroid dienone is 1. The Balaban J connectivity index is 2.28. The first kappa shape index (κ1) is 16.6. The first-order valence-corrected chi connectivity index (χ1v) is 8.65. The van der Waals surface area contributed by atoms with Crippen molar-refractivity contribution in [3.05, 3.63) is 58.6 Å². The largest absolute Gasteiger partial charge is 0.370 e. The number of hydrogen-bond donors (Lipinski definition) is 0. The lowest BCUT2D eigenvalue weighted by atomic mass is 9.88. The number of benzene rings is 2. The van der Waals surface area contributed by atoms with Gasteiger partial charge in [0, 0.05) is 18.1 Å². The number of rotatable bonds is 3. The number of hydrogen-bond acceptors (Lipinski definition) is 2. The molecule has 0 saturated carbocycles. The van der Waals surface area contributed by atoms with E-state index in [2.05, 4.69) is 23.6 Å². The molecular weight excluding hydrogens is 316 g/mol. The van der Waals surface area contributed by atoms with Gasteiger partial charge in [-0.1, -0.05) is 35.9 Å². The molecule has 0 aromatic heterocycles. The molecule has 1 aliphatic rings. The van der Waals surface area contributed by atoms with Crippen LogP contribution in [0.25, 0.3) is 16.7 Å². The van der Waals surface area contributed by atoms with Crippen LogP contribution in [0, 0.1) is 18.3 Å². The van der Waals surface area contributed by atoms with E-state index < -0.39 is 0 Å². The van der Waals surface area contributed by atoms with E-state index >= 15 is 0 Å². The molecule has 0 bridgehead atoms. The molecule has 0 aliphatic carbocycles. The van der Waals surface area contributed by atoms with Gasteiger partial charge in [0.15, 0.2) is 0 Å². The van der Waals surface area contributed by atoms with Crippen molar-refractivity contribution in [2.75, 3.05) is 18.0 Å². The quantitative estimate of drug-likeness (QED) is 0.706. The van der Waals surface area contributed by atoms with Crippen LogP contribution in [0.4, 0.5) is 5.69 Å². The molecule has 1 heterocycles. The normalized spacial score (nSPS) is 13.8. The summed E-state index contributed by atoms with van der Waals surface area (Å²) in [5.41, 5.74) is 7.09. The van der Waals surface area contributed by atoms with Crippen molar-refractivity contribution < 1.29 is 0 Å². The van der Waals surface area contributed by atoms with Crippen molar-refractivity contribution in [2.45, 2.75) is 26.7 Å². The van der Waals surface area contributed by atoms with Gasteiger partial charge in [-0.3, -0.25) is 0 Å². The Kier molecular flexibility index (Phi) is 4.64. The Morgan fingerprint density at radius 3 is 2.38 bits per heavy atom. The van der Waals surface area contributed by atoms with Crippen molar-refractivity contribution >= 4 is 22.9 Å². The van der Waals surface area contributed by atoms with E-state index in [-0.39, 0.29) is 0 Å². The second-order valence-corrected chi connectivity index (χ2v) is 6.85. The summed E-state index contributed by atoms with van der Waals surface area (Å²) in [7, 11) is 0. The molecule has 0 spiro atoms. The smallest absolute Gasteiger partial charge is 0.102 e. The third kappa shape index (κ3) is 2.92. The Bertz CT molecular complexity index is 822. The van der Waals surface area contributed by atoms with Gasteiger partial charge in [0.25, 0.3) is 0 Å². The van der Waals surface area contributed by atoms with E-state index in [9.17, 15) is 5.26 Å². The van der Waals surface area contributed by atoms with Crippen LogP contribution in [0.2, 0.25) is 5.02 Å². The van der Waals surface area contributed by atoms with Crippen molar-refractivity contribution in [3.8, 4) is 17.2 Å². The maximum Gasteiger partial charge on any atom is 0.102 e. The third-order valence-corrected chi connectivity index (χ3v) is 4.95. The van der Waals surface area contributed by atoms with Crippen molar-refractivity contribution in [3.63, 3.8) is 0 Å². The molecule has 0 atom stereocenters. The molecule has 2 nitrogen and oxygen atoms in total. The van der Waals surface area contributed by atoms with Gasteiger partial charge in [-0.25, -0.2) is 0 Å². The van der Waals surface area contributed by atoms with Crippen LogP contribution in [-0.4, -0.2) is 13.1 Å². The average molecular weight is 337 g/mol. The van der Waals surface area contributed by atoms with E-state index in [1.165, 1.54) is 12.8 Å². The number of halogens is 1. The topological polar surface area (TPSA) is 27.0 Å². The van der Waals surface area contributed by atoms with Gasteiger partial charge in [-0.2, -0.15) is 5.26 Å². The lowest BCUT2D eigenvalue weighted by Crippen LogP contribution is -2.19. The molecule has 0 N–H and O–H groups in total. The summed E-state index contributed by atoms with van der Waals surface area (Å²) in [5.74, 6) is 0. The highest BCUT2D eigenvalue weighted by atomic mass is 35.5. The molecule has 122 valence electrons. The van der Waals surface area contributed by atoms with Crippen LogP contribution < -0.4 is 4.90 Å². The van der Waals surface area contributed by atoms with E-state index in [0.29, 0.717) is 0 Å². The number of nitriles is 1. The summed E-state index contributed by atoms with van der Waals surface area (Å²) in [5, 5.41) is 10.5. The minimum atomic E-state index is 0.723. The lowest BCUT2D eigenvalue weighted by Gasteiger charge is -2.24. The van der Waals surface area contributed by atoms with Crippen LogP contribution >= 0.6 is 11.6 Å². The van der Waals surface area contributed by atoms with E-state index in [1.807, 2.05) is 38.1 Å². The molecule has 24 heavy (non-hydrogen) atoms. The van der Waals surface area contributed by atoms with Crippen molar-refractivity contribution in [1.82, 2.24) is 0 Å². The zero-order valence-electron chi connectivity index (χ0n) is 14.2. The first-order valence-electron chi connectivity index (χ1n) is 8.27. The lowest BCUT2D eigenvalue weighted by molar-refractivity contribution is 0.949. The van der Waals surface area contributed by atoms with Crippen LogP contribution in [0.5, 0.6) is 0 Å². The van der Waals surface area contributed by atoms with Gasteiger partial charge in [-0.15, -0.1) is 0 Å². The zero-order chi connectivity index (χ0) is 17.3. The predicted molar refractivity (Wildman–Crippen MR) is 102 cm³/mol. The van der Waals surface area contributed by atoms with Gasteiger partial charge < -0.3 is 4.90 Å². The fraction of sp³-hybridized carbons (Fsp3) is 0.286. The highest BCUT2D eigenvalue weighted by molar-refractivity contribution is 6.30. The molecule has 0 radical (unpaired) electrons. The van der Waals surface area contributed by atoms with Crippen molar-refractivity contribution in [1.29, 1.82) is 5.26 Å². The predicted octanol–water partition coefficient (Wildman–Crippen LogP) is 5.82. The highest BCUT2D eigenvalue weighted by Gasteiger charge is 2.22. The Morgan fingerprint density at radius 1 is 1.21 bits per heavy atom. The third-order valence-electron chi connectivity index (χ3n) is 4.70. The summed E-state index contributed by atoms with van der Waals surface area (Å²) in [6.45, 7) is 10.2. The summed E-state index contributed by atoms with van der Waals surface area (Å²) in [6.07, 6.45) is 2.37. The maximum atomic E-state index is 9.74. The molecule has 2 aromatic rings. The fourth-order valence-corrected chi connectivity index (χ4v) is 3.68. The van der Waals surface area contributed by atoms with E-state index in [4.69, 9.17) is 11.6 Å². The summed E-state index contributed by atoms with van der Waals surface area (Å²) < 4.78 is 0. The second kappa shape index (κ2) is 6.71. The molecule has 0 unspecified atom stereocenters. The number of nitrogens with zero attached hydrogens (tertiary/aromatic N) is 2. The van der Waals surface area contributed by atoms with Crippen LogP contribution in [0.3, 0.4) is 0 Å². The molecule has 1 aliphatic heterocycles. The van der Waals surface area contributed by atoms with Gasteiger partial charge in [0.1, 0.15) is 6.07 Å². The van der Waals surface area contributed by atoms with Gasteiger partial charge >= 0.3 is 0 Å². The molecule has 3 rings (SSSR count). The van der Waals surface area contributed by atoms with Gasteiger partial charge in [-0.05, 0) is 67.1 Å². The van der Waals surface area contributed by atoms with E-state index in [1.54, 1.807) is 0 Å².